The van der Waals surface area contributed by atoms with Gasteiger partial charge in [-0.25, -0.2) is 13.2 Å². The van der Waals surface area contributed by atoms with Gasteiger partial charge in [-0.15, -0.1) is 0 Å². The van der Waals surface area contributed by atoms with Gasteiger partial charge in [0.1, 0.15) is 0 Å². The number of hydrogen-bond donors (Lipinski definition) is 1. The molecule has 0 fully saturated rings. The van der Waals surface area contributed by atoms with Crippen LogP contribution >= 0.6 is 23.4 Å². The SMILES string of the molecule is CSCCCS(=O)(=O)c1cc(C(=O)O)ccc1Cl. The highest BCUT2D eigenvalue weighted by Crippen LogP contribution is 2.24. The number of carboxylic acids is 1. The second-order valence-corrected chi connectivity index (χ2v) is 7.09. The Hall–Kier alpha value is -0.720. The minimum absolute atomic E-state index is 0.0311. The second kappa shape index (κ2) is 6.45. The lowest BCUT2D eigenvalue weighted by Crippen LogP contribution is -2.10. The van der Waals surface area contributed by atoms with Crippen LogP contribution in [-0.2, 0) is 9.84 Å². The maximum Gasteiger partial charge on any atom is 0.335 e. The van der Waals surface area contributed by atoms with E-state index >= 15 is 0 Å². The zero-order valence-corrected chi connectivity index (χ0v) is 12.1. The van der Waals surface area contributed by atoms with Crippen LogP contribution in [0.15, 0.2) is 23.1 Å². The number of carbonyl (C=O) groups is 1. The van der Waals surface area contributed by atoms with Crippen LogP contribution in [-0.4, -0.2) is 37.3 Å². The molecule has 0 unspecified atom stereocenters. The van der Waals surface area contributed by atoms with Gasteiger partial charge in [-0.05, 0) is 36.6 Å². The summed E-state index contributed by atoms with van der Waals surface area (Å²) in [5.74, 6) is -0.473. The first kappa shape index (κ1) is 15.3. The van der Waals surface area contributed by atoms with Gasteiger partial charge in [0.05, 0.1) is 21.2 Å². The van der Waals surface area contributed by atoms with Crippen molar-refractivity contribution < 1.29 is 18.3 Å². The molecule has 1 rings (SSSR count). The van der Waals surface area contributed by atoms with Gasteiger partial charge in [0.2, 0.25) is 0 Å². The highest BCUT2D eigenvalue weighted by Gasteiger charge is 2.19. The summed E-state index contributed by atoms with van der Waals surface area (Å²) in [7, 11) is -3.53. The Morgan fingerprint density at radius 3 is 2.67 bits per heavy atom. The molecule has 1 aromatic carbocycles. The third-order valence-corrected chi connectivity index (χ3v) is 5.25. The molecule has 7 heteroatoms. The summed E-state index contributed by atoms with van der Waals surface area (Å²) >= 11 is 7.38. The van der Waals surface area contributed by atoms with Gasteiger partial charge in [0, 0.05) is 0 Å². The molecule has 1 N–H and O–H groups in total. The van der Waals surface area contributed by atoms with Gasteiger partial charge in [-0.2, -0.15) is 11.8 Å². The Morgan fingerprint density at radius 1 is 1.44 bits per heavy atom. The Morgan fingerprint density at radius 2 is 2.11 bits per heavy atom. The van der Waals surface area contributed by atoms with Crippen LogP contribution in [0.25, 0.3) is 0 Å². The lowest BCUT2D eigenvalue weighted by molar-refractivity contribution is 0.0696. The van der Waals surface area contributed by atoms with E-state index in [0.717, 1.165) is 11.8 Å². The van der Waals surface area contributed by atoms with E-state index in [0.29, 0.717) is 6.42 Å². The van der Waals surface area contributed by atoms with Crippen LogP contribution in [0, 0.1) is 0 Å². The molecule has 0 atom stereocenters. The summed E-state index contributed by atoms with van der Waals surface area (Å²) in [4.78, 5) is 10.7. The lowest BCUT2D eigenvalue weighted by Gasteiger charge is -2.07. The molecule has 4 nitrogen and oxygen atoms in total. The van der Waals surface area contributed by atoms with Crippen LogP contribution in [0.5, 0.6) is 0 Å². The number of hydrogen-bond acceptors (Lipinski definition) is 4. The molecule has 0 heterocycles. The van der Waals surface area contributed by atoms with E-state index in [1.54, 1.807) is 11.8 Å². The number of benzene rings is 1. The van der Waals surface area contributed by atoms with Crippen LogP contribution in [0.1, 0.15) is 16.8 Å². The van der Waals surface area contributed by atoms with E-state index in [1.165, 1.54) is 12.1 Å². The zero-order valence-electron chi connectivity index (χ0n) is 9.72. The predicted octanol–water partition coefficient (Wildman–Crippen LogP) is 2.57. The van der Waals surface area contributed by atoms with E-state index in [2.05, 4.69) is 0 Å². The third kappa shape index (κ3) is 3.90. The molecule has 0 aliphatic carbocycles. The number of thioether (sulfide) groups is 1. The van der Waals surface area contributed by atoms with E-state index in [9.17, 15) is 13.2 Å². The molecule has 0 amide bonds. The number of sulfone groups is 1. The molecule has 1 aromatic rings. The largest absolute Gasteiger partial charge is 0.478 e. The Balaban J connectivity index is 3.07. The molecule has 0 aliphatic heterocycles. The zero-order chi connectivity index (χ0) is 13.8. The molecule has 0 saturated carbocycles. The van der Waals surface area contributed by atoms with Crippen LogP contribution < -0.4 is 0 Å². The predicted molar refractivity (Wildman–Crippen MR) is 73.5 cm³/mol. The smallest absolute Gasteiger partial charge is 0.335 e. The molecule has 0 aliphatic rings. The Kier molecular flexibility index (Phi) is 5.49. The average molecular weight is 309 g/mol. The van der Waals surface area contributed by atoms with Gasteiger partial charge in [0.15, 0.2) is 9.84 Å². The molecule has 0 bridgehead atoms. The van der Waals surface area contributed by atoms with E-state index in [1.807, 2.05) is 6.26 Å². The van der Waals surface area contributed by atoms with E-state index in [-0.39, 0.29) is 21.2 Å². The molecule has 18 heavy (non-hydrogen) atoms. The Labute approximate surface area is 115 Å². The van der Waals surface area contributed by atoms with Crippen molar-refractivity contribution in [3.05, 3.63) is 28.8 Å². The maximum absolute atomic E-state index is 12.0. The quantitative estimate of drug-likeness (QED) is 0.818. The van der Waals surface area contributed by atoms with Gasteiger partial charge in [-0.1, -0.05) is 11.6 Å². The average Bonchev–Trinajstić information content (AvgIpc) is 2.29. The van der Waals surface area contributed by atoms with Crippen molar-refractivity contribution in [1.82, 2.24) is 0 Å². The van der Waals surface area contributed by atoms with Crippen LogP contribution in [0.2, 0.25) is 5.02 Å². The fourth-order valence-corrected chi connectivity index (χ4v) is 3.88. The molecular weight excluding hydrogens is 296 g/mol. The number of aromatic carboxylic acids is 1. The summed E-state index contributed by atoms with van der Waals surface area (Å²) in [6, 6.07) is 3.69. The van der Waals surface area contributed by atoms with Crippen molar-refractivity contribution in [2.45, 2.75) is 11.3 Å². The lowest BCUT2D eigenvalue weighted by atomic mass is 10.2. The van der Waals surface area contributed by atoms with Gasteiger partial charge in [0.25, 0.3) is 0 Å². The first-order valence-corrected chi connectivity index (χ1v) is 8.55. The van der Waals surface area contributed by atoms with Crippen LogP contribution in [0.3, 0.4) is 0 Å². The minimum Gasteiger partial charge on any atom is -0.478 e. The van der Waals surface area contributed by atoms with Crippen molar-refractivity contribution in [1.29, 1.82) is 0 Å². The van der Waals surface area contributed by atoms with E-state index in [4.69, 9.17) is 16.7 Å². The number of halogens is 1. The highest BCUT2D eigenvalue weighted by molar-refractivity contribution is 7.98. The fourth-order valence-electron chi connectivity index (χ4n) is 1.38. The standard InChI is InChI=1S/C11H13ClO4S2/c1-17-5-2-6-18(15,16)10-7-8(11(13)14)3-4-9(10)12/h3-4,7H,2,5-6H2,1H3,(H,13,14). The summed E-state index contributed by atoms with van der Waals surface area (Å²) in [6.45, 7) is 0. The van der Waals surface area contributed by atoms with Crippen molar-refractivity contribution in [2.24, 2.45) is 0 Å². The minimum atomic E-state index is -3.53. The topological polar surface area (TPSA) is 71.4 Å². The number of carboxylic acid groups (broad SMARTS) is 1. The van der Waals surface area contributed by atoms with Crippen molar-refractivity contribution in [3.63, 3.8) is 0 Å². The molecule has 0 aromatic heterocycles. The monoisotopic (exact) mass is 308 g/mol. The normalized spacial score (nSPS) is 11.4. The highest BCUT2D eigenvalue weighted by atomic mass is 35.5. The summed E-state index contributed by atoms with van der Waals surface area (Å²) in [5, 5.41) is 8.90. The second-order valence-electron chi connectivity index (χ2n) is 3.62. The van der Waals surface area contributed by atoms with Crippen molar-refractivity contribution in [2.75, 3.05) is 17.8 Å². The summed E-state index contributed by atoms with van der Waals surface area (Å²) in [5.41, 5.74) is -0.0807. The number of rotatable bonds is 6. The summed E-state index contributed by atoms with van der Waals surface area (Å²) in [6.07, 6.45) is 2.40. The summed E-state index contributed by atoms with van der Waals surface area (Å²) < 4.78 is 24.0. The molecule has 0 radical (unpaired) electrons. The fraction of sp³-hybridized carbons (Fsp3) is 0.364. The first-order valence-electron chi connectivity index (χ1n) is 5.13. The van der Waals surface area contributed by atoms with Gasteiger partial charge < -0.3 is 5.11 Å². The molecule has 100 valence electrons. The Bertz CT molecular complexity index is 540. The van der Waals surface area contributed by atoms with Gasteiger partial charge >= 0.3 is 5.97 Å². The van der Waals surface area contributed by atoms with Crippen molar-refractivity contribution >= 4 is 39.2 Å². The first-order chi connectivity index (χ1) is 8.38. The van der Waals surface area contributed by atoms with Gasteiger partial charge in [-0.3, -0.25) is 0 Å². The third-order valence-electron chi connectivity index (χ3n) is 2.27. The molecular formula is C11H13ClO4S2. The maximum atomic E-state index is 12.0. The van der Waals surface area contributed by atoms with Crippen molar-refractivity contribution in [3.8, 4) is 0 Å². The van der Waals surface area contributed by atoms with E-state index < -0.39 is 15.8 Å². The molecule has 0 saturated heterocycles. The van der Waals surface area contributed by atoms with Crippen LogP contribution in [0.4, 0.5) is 0 Å². The molecule has 0 spiro atoms.